The molecule has 1 aromatic rings. The molecule has 0 aromatic carbocycles. The van der Waals surface area contributed by atoms with Crippen LogP contribution in [0, 0.1) is 12.8 Å². The summed E-state index contributed by atoms with van der Waals surface area (Å²) < 4.78 is 6.72. The van der Waals surface area contributed by atoms with Crippen LogP contribution in [-0.4, -0.2) is 37.7 Å². The van der Waals surface area contributed by atoms with Crippen molar-refractivity contribution >= 4 is 12.0 Å². The lowest BCUT2D eigenvalue weighted by atomic mass is 9.98. The summed E-state index contributed by atoms with van der Waals surface area (Å²) in [5.41, 5.74) is 1.81. The van der Waals surface area contributed by atoms with Gasteiger partial charge in [0.1, 0.15) is 5.56 Å². The molecule has 0 saturated carbocycles. The van der Waals surface area contributed by atoms with E-state index in [0.29, 0.717) is 25.4 Å². The average Bonchev–Trinajstić information content (AvgIpc) is 2.51. The standard InChI is InChI=1S/C17H26N2O3/c1-13-5-8-18(9-6-13)16-11-14(2)19(7-4-10-22-3)17(21)15(16)12-20/h11-13H,4-10H2,1-3H3. The van der Waals surface area contributed by atoms with Crippen molar-refractivity contribution in [1.82, 2.24) is 4.57 Å². The Kier molecular flexibility index (Phi) is 5.77. The maximum Gasteiger partial charge on any atom is 0.263 e. The number of ether oxygens (including phenoxy) is 1. The third-order valence-electron chi connectivity index (χ3n) is 4.50. The van der Waals surface area contributed by atoms with Gasteiger partial charge < -0.3 is 14.2 Å². The minimum absolute atomic E-state index is 0.181. The predicted octanol–water partition coefficient (Wildman–Crippen LogP) is 2.24. The first-order valence-electron chi connectivity index (χ1n) is 8.02. The second-order valence-electron chi connectivity index (χ2n) is 6.18. The lowest BCUT2D eigenvalue weighted by molar-refractivity contribution is 0.112. The maximum absolute atomic E-state index is 12.6. The van der Waals surface area contributed by atoms with E-state index in [0.717, 1.165) is 43.7 Å². The van der Waals surface area contributed by atoms with Gasteiger partial charge in [0.25, 0.3) is 5.56 Å². The van der Waals surface area contributed by atoms with E-state index in [4.69, 9.17) is 4.74 Å². The Hall–Kier alpha value is -1.62. The summed E-state index contributed by atoms with van der Waals surface area (Å²) in [6, 6.07) is 1.98. The summed E-state index contributed by atoms with van der Waals surface area (Å²) in [4.78, 5) is 26.3. The van der Waals surface area contributed by atoms with Crippen molar-refractivity contribution in [1.29, 1.82) is 0 Å². The minimum Gasteiger partial charge on any atom is -0.385 e. The first-order chi connectivity index (χ1) is 10.6. The van der Waals surface area contributed by atoms with Crippen LogP contribution in [-0.2, 0) is 11.3 Å². The molecule has 122 valence electrons. The molecule has 0 bridgehead atoms. The van der Waals surface area contributed by atoms with E-state index in [9.17, 15) is 9.59 Å². The number of nitrogens with zero attached hydrogens (tertiary/aromatic N) is 2. The summed E-state index contributed by atoms with van der Waals surface area (Å²) in [6.45, 7) is 7.18. The molecule has 2 rings (SSSR count). The van der Waals surface area contributed by atoms with Crippen molar-refractivity contribution in [2.45, 2.75) is 39.7 Å². The van der Waals surface area contributed by atoms with E-state index in [-0.39, 0.29) is 11.1 Å². The van der Waals surface area contributed by atoms with Crippen LogP contribution in [0.2, 0.25) is 0 Å². The molecule has 0 amide bonds. The molecule has 0 spiro atoms. The highest BCUT2D eigenvalue weighted by Gasteiger charge is 2.21. The molecule has 2 heterocycles. The highest BCUT2D eigenvalue weighted by Crippen LogP contribution is 2.25. The Morgan fingerprint density at radius 1 is 1.36 bits per heavy atom. The fourth-order valence-electron chi connectivity index (χ4n) is 3.04. The molecule has 1 fully saturated rings. The topological polar surface area (TPSA) is 51.5 Å². The van der Waals surface area contributed by atoms with Crippen LogP contribution in [0.25, 0.3) is 0 Å². The molecule has 5 nitrogen and oxygen atoms in total. The first-order valence-corrected chi connectivity index (χ1v) is 8.02. The van der Waals surface area contributed by atoms with Crippen LogP contribution < -0.4 is 10.5 Å². The van der Waals surface area contributed by atoms with Gasteiger partial charge >= 0.3 is 0 Å². The van der Waals surface area contributed by atoms with Crippen LogP contribution in [0.1, 0.15) is 42.2 Å². The summed E-state index contributed by atoms with van der Waals surface area (Å²) >= 11 is 0. The van der Waals surface area contributed by atoms with Crippen LogP contribution in [0.15, 0.2) is 10.9 Å². The number of rotatable bonds is 6. The number of carbonyl (C=O) groups is 1. The van der Waals surface area contributed by atoms with Gasteiger partial charge in [-0.1, -0.05) is 6.92 Å². The maximum atomic E-state index is 12.6. The average molecular weight is 306 g/mol. The number of hydrogen-bond donors (Lipinski definition) is 0. The number of carbonyl (C=O) groups excluding carboxylic acids is 1. The first kappa shape index (κ1) is 16.7. The third kappa shape index (κ3) is 3.58. The van der Waals surface area contributed by atoms with Crippen molar-refractivity contribution in [3.05, 3.63) is 27.7 Å². The zero-order valence-electron chi connectivity index (χ0n) is 13.8. The van der Waals surface area contributed by atoms with Gasteiger partial charge in [-0.05, 0) is 38.2 Å². The van der Waals surface area contributed by atoms with Crippen molar-refractivity contribution in [2.75, 3.05) is 31.7 Å². The van der Waals surface area contributed by atoms with Gasteiger partial charge in [0.2, 0.25) is 0 Å². The van der Waals surface area contributed by atoms with E-state index in [2.05, 4.69) is 11.8 Å². The van der Waals surface area contributed by atoms with E-state index in [1.165, 1.54) is 0 Å². The number of piperidine rings is 1. The fraction of sp³-hybridized carbons (Fsp3) is 0.647. The highest BCUT2D eigenvalue weighted by molar-refractivity contribution is 5.84. The molecule has 0 radical (unpaired) electrons. The lowest BCUT2D eigenvalue weighted by Gasteiger charge is -2.33. The van der Waals surface area contributed by atoms with E-state index < -0.39 is 0 Å². The second-order valence-corrected chi connectivity index (χ2v) is 6.18. The van der Waals surface area contributed by atoms with Gasteiger partial charge in [0.15, 0.2) is 6.29 Å². The molecule has 1 aliphatic heterocycles. The number of pyridine rings is 1. The molecule has 5 heteroatoms. The molecule has 0 atom stereocenters. The van der Waals surface area contributed by atoms with Crippen molar-refractivity contribution in [2.24, 2.45) is 5.92 Å². The molecular formula is C17H26N2O3. The monoisotopic (exact) mass is 306 g/mol. The van der Waals surface area contributed by atoms with Gasteiger partial charge in [0, 0.05) is 39.0 Å². The molecule has 1 aliphatic rings. The van der Waals surface area contributed by atoms with Gasteiger partial charge in [-0.2, -0.15) is 0 Å². The molecule has 0 aliphatic carbocycles. The summed E-state index contributed by atoms with van der Waals surface area (Å²) in [6.07, 6.45) is 3.68. The number of hydrogen-bond acceptors (Lipinski definition) is 4. The molecule has 22 heavy (non-hydrogen) atoms. The summed E-state index contributed by atoms with van der Waals surface area (Å²) in [7, 11) is 1.65. The largest absolute Gasteiger partial charge is 0.385 e. The normalized spacial score (nSPS) is 16.0. The van der Waals surface area contributed by atoms with Gasteiger partial charge in [-0.25, -0.2) is 0 Å². The van der Waals surface area contributed by atoms with E-state index >= 15 is 0 Å². The smallest absolute Gasteiger partial charge is 0.263 e. The zero-order valence-corrected chi connectivity index (χ0v) is 13.8. The second kappa shape index (κ2) is 7.58. The van der Waals surface area contributed by atoms with Gasteiger partial charge in [0.05, 0.1) is 5.69 Å². The lowest BCUT2D eigenvalue weighted by Crippen LogP contribution is -2.36. The SMILES string of the molecule is COCCCn1c(C)cc(N2CCC(C)CC2)c(C=O)c1=O. The summed E-state index contributed by atoms with van der Waals surface area (Å²) in [5.74, 6) is 0.714. The molecule has 0 unspecified atom stereocenters. The predicted molar refractivity (Wildman–Crippen MR) is 87.9 cm³/mol. The van der Waals surface area contributed by atoms with Crippen molar-refractivity contribution < 1.29 is 9.53 Å². The van der Waals surface area contributed by atoms with Crippen molar-refractivity contribution in [3.8, 4) is 0 Å². The van der Waals surface area contributed by atoms with Crippen LogP contribution in [0.5, 0.6) is 0 Å². The van der Waals surface area contributed by atoms with Gasteiger partial charge in [-0.15, -0.1) is 0 Å². The van der Waals surface area contributed by atoms with Crippen molar-refractivity contribution in [3.63, 3.8) is 0 Å². The van der Waals surface area contributed by atoms with Gasteiger partial charge in [-0.3, -0.25) is 9.59 Å². The zero-order chi connectivity index (χ0) is 16.1. The minimum atomic E-state index is -0.181. The Morgan fingerprint density at radius 2 is 2.05 bits per heavy atom. The number of aromatic nitrogens is 1. The number of anilines is 1. The number of methoxy groups -OCH3 is 1. The Balaban J connectivity index is 2.32. The molecule has 1 saturated heterocycles. The molecule has 1 aromatic heterocycles. The Labute approximate surface area is 131 Å². The molecular weight excluding hydrogens is 280 g/mol. The van der Waals surface area contributed by atoms with Crippen LogP contribution in [0.3, 0.4) is 0 Å². The number of aldehydes is 1. The number of aryl methyl sites for hydroxylation is 1. The van der Waals surface area contributed by atoms with Crippen LogP contribution in [0.4, 0.5) is 5.69 Å². The third-order valence-corrected chi connectivity index (χ3v) is 4.50. The summed E-state index contributed by atoms with van der Waals surface area (Å²) in [5, 5.41) is 0. The van der Waals surface area contributed by atoms with E-state index in [1.54, 1.807) is 11.7 Å². The highest BCUT2D eigenvalue weighted by atomic mass is 16.5. The quantitative estimate of drug-likeness (QED) is 0.597. The van der Waals surface area contributed by atoms with Crippen LogP contribution >= 0.6 is 0 Å². The Bertz CT molecular complexity index is 572. The molecule has 0 N–H and O–H groups in total. The Morgan fingerprint density at radius 3 is 2.64 bits per heavy atom. The fourth-order valence-corrected chi connectivity index (χ4v) is 3.04. The van der Waals surface area contributed by atoms with E-state index in [1.807, 2.05) is 13.0 Å².